The molecule has 1 heterocycles. The van der Waals surface area contributed by atoms with Crippen LogP contribution in [0.3, 0.4) is 0 Å². The Balaban J connectivity index is 2.97. The van der Waals surface area contributed by atoms with Crippen LogP contribution in [0.1, 0.15) is 37.6 Å². The summed E-state index contributed by atoms with van der Waals surface area (Å²) in [5.74, 6) is -0.973. The van der Waals surface area contributed by atoms with Gasteiger partial charge in [-0.1, -0.05) is 6.92 Å². The van der Waals surface area contributed by atoms with Gasteiger partial charge in [-0.2, -0.15) is 0 Å². The number of carbonyl (C=O) groups excluding carboxylic acids is 1. The highest BCUT2D eigenvalue weighted by Crippen LogP contribution is 2.16. The summed E-state index contributed by atoms with van der Waals surface area (Å²) in [6, 6.07) is 1.37. The van der Waals surface area contributed by atoms with E-state index in [9.17, 15) is 9.18 Å². The Morgan fingerprint density at radius 2 is 2.18 bits per heavy atom. The number of hydrogen-bond donors (Lipinski definition) is 2. The smallest absolute Gasteiger partial charge is 0.254 e. The van der Waals surface area contributed by atoms with E-state index >= 15 is 0 Å². The number of amides is 1. The number of nitrogens with one attached hydrogen (secondary N) is 2. The first-order valence-electron chi connectivity index (χ1n) is 5.56. The van der Waals surface area contributed by atoms with Crippen LogP contribution in [-0.4, -0.2) is 23.5 Å². The van der Waals surface area contributed by atoms with E-state index in [1.54, 1.807) is 7.05 Å². The van der Waals surface area contributed by atoms with E-state index in [0.29, 0.717) is 0 Å². The number of pyridine rings is 1. The van der Waals surface area contributed by atoms with Gasteiger partial charge >= 0.3 is 0 Å². The second-order valence-electron chi connectivity index (χ2n) is 4.46. The van der Waals surface area contributed by atoms with Crippen LogP contribution in [0.5, 0.6) is 0 Å². The molecule has 2 N–H and O–H groups in total. The van der Waals surface area contributed by atoms with E-state index in [2.05, 4.69) is 15.6 Å². The standard InChI is InChI=1S/C12H18FN3O/c1-5-12(2,3)16-11(17)8-6-7-15-10(14-4)9(8)13/h6-7H,5H2,1-4H3,(H,14,15)(H,16,17). The number of aromatic nitrogens is 1. The molecule has 0 aliphatic rings. The zero-order chi connectivity index (χ0) is 13.1. The van der Waals surface area contributed by atoms with Gasteiger partial charge < -0.3 is 10.6 Å². The highest BCUT2D eigenvalue weighted by atomic mass is 19.1. The van der Waals surface area contributed by atoms with Crippen molar-refractivity contribution in [1.82, 2.24) is 10.3 Å². The highest BCUT2D eigenvalue weighted by Gasteiger charge is 2.22. The molecule has 0 aliphatic carbocycles. The third-order valence-corrected chi connectivity index (χ3v) is 2.71. The van der Waals surface area contributed by atoms with Crippen LogP contribution in [0.15, 0.2) is 12.3 Å². The molecule has 1 rings (SSSR count). The summed E-state index contributed by atoms with van der Waals surface area (Å²) in [4.78, 5) is 15.7. The molecule has 0 unspecified atom stereocenters. The normalized spacial score (nSPS) is 11.1. The van der Waals surface area contributed by atoms with Crippen molar-refractivity contribution >= 4 is 11.7 Å². The van der Waals surface area contributed by atoms with E-state index < -0.39 is 11.7 Å². The molecule has 0 aromatic carbocycles. The fourth-order valence-corrected chi connectivity index (χ4v) is 1.26. The summed E-state index contributed by atoms with van der Waals surface area (Å²) in [6.45, 7) is 5.74. The molecule has 0 spiro atoms. The Kier molecular flexibility index (Phi) is 4.04. The number of halogens is 1. The maximum absolute atomic E-state index is 13.8. The van der Waals surface area contributed by atoms with Gasteiger partial charge in [0.25, 0.3) is 5.91 Å². The van der Waals surface area contributed by atoms with Crippen molar-refractivity contribution in [3.05, 3.63) is 23.6 Å². The highest BCUT2D eigenvalue weighted by molar-refractivity contribution is 5.95. The Bertz CT molecular complexity index is 418. The third-order valence-electron chi connectivity index (χ3n) is 2.71. The quantitative estimate of drug-likeness (QED) is 0.846. The molecule has 94 valence electrons. The average molecular weight is 239 g/mol. The predicted octanol–water partition coefficient (Wildman–Crippen LogP) is 2.18. The van der Waals surface area contributed by atoms with Gasteiger partial charge in [0.05, 0.1) is 5.56 Å². The van der Waals surface area contributed by atoms with Crippen molar-refractivity contribution in [3.8, 4) is 0 Å². The van der Waals surface area contributed by atoms with E-state index in [0.717, 1.165) is 6.42 Å². The van der Waals surface area contributed by atoms with Crippen molar-refractivity contribution in [2.75, 3.05) is 12.4 Å². The number of nitrogens with zero attached hydrogens (tertiary/aromatic N) is 1. The fourth-order valence-electron chi connectivity index (χ4n) is 1.26. The number of rotatable bonds is 4. The van der Waals surface area contributed by atoms with Gasteiger partial charge in [0.2, 0.25) is 0 Å². The topological polar surface area (TPSA) is 54.0 Å². The lowest BCUT2D eigenvalue weighted by Crippen LogP contribution is -2.43. The van der Waals surface area contributed by atoms with Crippen molar-refractivity contribution in [2.45, 2.75) is 32.7 Å². The summed E-state index contributed by atoms with van der Waals surface area (Å²) in [7, 11) is 1.56. The van der Waals surface area contributed by atoms with Gasteiger partial charge in [0, 0.05) is 18.8 Å². The SMILES string of the molecule is CCC(C)(C)NC(=O)c1ccnc(NC)c1F. The van der Waals surface area contributed by atoms with Crippen molar-refractivity contribution in [3.63, 3.8) is 0 Å². The average Bonchev–Trinajstić information content (AvgIpc) is 2.28. The maximum Gasteiger partial charge on any atom is 0.254 e. The van der Waals surface area contributed by atoms with Gasteiger partial charge in [-0.3, -0.25) is 4.79 Å². The van der Waals surface area contributed by atoms with Crippen LogP contribution in [0, 0.1) is 5.82 Å². The fraction of sp³-hybridized carbons (Fsp3) is 0.500. The molecule has 0 fully saturated rings. The van der Waals surface area contributed by atoms with Crippen LogP contribution in [-0.2, 0) is 0 Å². The summed E-state index contributed by atoms with van der Waals surface area (Å²) >= 11 is 0. The third kappa shape index (κ3) is 3.15. The van der Waals surface area contributed by atoms with Crippen LogP contribution in [0.4, 0.5) is 10.2 Å². The zero-order valence-electron chi connectivity index (χ0n) is 10.6. The molecule has 0 saturated heterocycles. The van der Waals surface area contributed by atoms with E-state index in [4.69, 9.17) is 0 Å². The molecule has 0 atom stereocenters. The van der Waals surface area contributed by atoms with Gasteiger partial charge in [-0.25, -0.2) is 9.37 Å². The zero-order valence-corrected chi connectivity index (χ0v) is 10.6. The summed E-state index contributed by atoms with van der Waals surface area (Å²) < 4.78 is 13.8. The van der Waals surface area contributed by atoms with Crippen LogP contribution < -0.4 is 10.6 Å². The summed E-state index contributed by atoms with van der Waals surface area (Å²) in [5.41, 5.74) is -0.349. The molecular formula is C12H18FN3O. The number of carbonyl (C=O) groups is 1. The molecule has 4 nitrogen and oxygen atoms in total. The Hall–Kier alpha value is -1.65. The van der Waals surface area contributed by atoms with Crippen LogP contribution in [0.2, 0.25) is 0 Å². The number of anilines is 1. The first kappa shape index (κ1) is 13.4. The van der Waals surface area contributed by atoms with E-state index in [1.165, 1.54) is 12.3 Å². The molecular weight excluding hydrogens is 221 g/mol. The Morgan fingerprint density at radius 3 is 2.71 bits per heavy atom. The first-order valence-corrected chi connectivity index (χ1v) is 5.56. The first-order chi connectivity index (χ1) is 7.91. The largest absolute Gasteiger partial charge is 0.371 e. The molecule has 1 amide bonds. The summed E-state index contributed by atoms with van der Waals surface area (Å²) in [6.07, 6.45) is 2.17. The van der Waals surface area contributed by atoms with Gasteiger partial charge in [0.1, 0.15) is 0 Å². The summed E-state index contributed by atoms with van der Waals surface area (Å²) in [5, 5.41) is 5.38. The lowest BCUT2D eigenvalue weighted by Gasteiger charge is -2.24. The minimum atomic E-state index is -0.626. The predicted molar refractivity (Wildman–Crippen MR) is 65.6 cm³/mol. The molecule has 1 aromatic rings. The van der Waals surface area contributed by atoms with Crippen molar-refractivity contribution < 1.29 is 9.18 Å². The molecule has 1 aromatic heterocycles. The maximum atomic E-state index is 13.8. The lowest BCUT2D eigenvalue weighted by atomic mass is 10.0. The minimum absolute atomic E-state index is 0.00544. The van der Waals surface area contributed by atoms with Crippen LogP contribution >= 0.6 is 0 Å². The van der Waals surface area contributed by atoms with Gasteiger partial charge in [-0.15, -0.1) is 0 Å². The van der Waals surface area contributed by atoms with Gasteiger partial charge in [-0.05, 0) is 26.3 Å². The minimum Gasteiger partial charge on any atom is -0.371 e. The molecule has 0 saturated carbocycles. The second kappa shape index (κ2) is 5.12. The molecule has 0 bridgehead atoms. The Labute approximate surface area is 101 Å². The van der Waals surface area contributed by atoms with E-state index in [-0.39, 0.29) is 16.9 Å². The monoisotopic (exact) mass is 239 g/mol. The number of hydrogen-bond acceptors (Lipinski definition) is 3. The molecule has 17 heavy (non-hydrogen) atoms. The van der Waals surface area contributed by atoms with Crippen molar-refractivity contribution in [1.29, 1.82) is 0 Å². The second-order valence-corrected chi connectivity index (χ2v) is 4.46. The van der Waals surface area contributed by atoms with Crippen LogP contribution in [0.25, 0.3) is 0 Å². The lowest BCUT2D eigenvalue weighted by molar-refractivity contribution is 0.0907. The molecule has 0 aliphatic heterocycles. The van der Waals surface area contributed by atoms with Crippen molar-refractivity contribution in [2.24, 2.45) is 0 Å². The molecule has 0 radical (unpaired) electrons. The van der Waals surface area contributed by atoms with Gasteiger partial charge in [0.15, 0.2) is 11.6 Å². The van der Waals surface area contributed by atoms with E-state index in [1.807, 2.05) is 20.8 Å². The molecule has 5 heteroatoms. The Morgan fingerprint density at radius 1 is 1.53 bits per heavy atom.